The van der Waals surface area contributed by atoms with Crippen LogP contribution in [0.3, 0.4) is 0 Å². The van der Waals surface area contributed by atoms with Gasteiger partial charge < -0.3 is 0 Å². The predicted molar refractivity (Wildman–Crippen MR) is 102 cm³/mol. The molecule has 0 amide bonds. The standard InChI is InChI=1S/C19H11ClN4S/c20-12-7-9-13(10-8-12)24-18(16-6-3-11-25-16)23-17-19(24)22-15-5-2-1-4-14(15)21-17/h1-11H. The maximum atomic E-state index is 6.06. The highest BCUT2D eigenvalue weighted by Crippen LogP contribution is 2.31. The van der Waals surface area contributed by atoms with E-state index in [2.05, 4.69) is 6.07 Å². The SMILES string of the molecule is Clc1ccc(-n2c(-c3cccs3)nc3nc4ccccc4nc32)cc1. The molecule has 0 radical (unpaired) electrons. The lowest BCUT2D eigenvalue weighted by Crippen LogP contribution is -1.98. The highest BCUT2D eigenvalue weighted by Gasteiger charge is 2.18. The van der Waals surface area contributed by atoms with Crippen molar-refractivity contribution in [1.82, 2.24) is 19.5 Å². The molecule has 25 heavy (non-hydrogen) atoms. The molecular formula is C19H11ClN4S. The third kappa shape index (κ3) is 2.40. The first-order chi connectivity index (χ1) is 12.3. The molecule has 0 N–H and O–H groups in total. The summed E-state index contributed by atoms with van der Waals surface area (Å²) in [7, 11) is 0. The Hall–Kier alpha value is -2.76. The minimum Gasteiger partial charge on any atom is -0.275 e. The number of benzene rings is 2. The second-order valence-electron chi connectivity index (χ2n) is 5.58. The Labute approximate surface area is 152 Å². The molecule has 3 heterocycles. The zero-order valence-electron chi connectivity index (χ0n) is 12.9. The van der Waals surface area contributed by atoms with Crippen molar-refractivity contribution in [1.29, 1.82) is 0 Å². The van der Waals surface area contributed by atoms with E-state index in [1.807, 2.05) is 64.5 Å². The maximum absolute atomic E-state index is 6.06. The van der Waals surface area contributed by atoms with Gasteiger partial charge in [0.2, 0.25) is 0 Å². The number of para-hydroxylation sites is 2. The Morgan fingerprint density at radius 1 is 0.800 bits per heavy atom. The first-order valence-electron chi connectivity index (χ1n) is 7.75. The van der Waals surface area contributed by atoms with E-state index < -0.39 is 0 Å². The summed E-state index contributed by atoms with van der Waals surface area (Å²) in [6.45, 7) is 0. The number of hydrogen-bond acceptors (Lipinski definition) is 4. The summed E-state index contributed by atoms with van der Waals surface area (Å²) >= 11 is 7.70. The van der Waals surface area contributed by atoms with E-state index in [-0.39, 0.29) is 0 Å². The molecule has 0 bridgehead atoms. The third-order valence-corrected chi connectivity index (χ3v) is 5.11. The molecule has 120 valence electrons. The fourth-order valence-electron chi connectivity index (χ4n) is 2.86. The second-order valence-corrected chi connectivity index (χ2v) is 6.97. The lowest BCUT2D eigenvalue weighted by atomic mass is 10.3. The fraction of sp³-hybridized carbons (Fsp3) is 0. The minimum absolute atomic E-state index is 0.636. The van der Waals surface area contributed by atoms with Gasteiger partial charge in [0, 0.05) is 10.7 Å². The molecule has 0 unspecified atom stereocenters. The second kappa shape index (κ2) is 5.65. The van der Waals surface area contributed by atoms with E-state index in [9.17, 15) is 0 Å². The van der Waals surface area contributed by atoms with Crippen LogP contribution in [0.2, 0.25) is 5.02 Å². The first-order valence-corrected chi connectivity index (χ1v) is 9.00. The summed E-state index contributed by atoms with van der Waals surface area (Å²) in [6, 6.07) is 19.6. The number of nitrogens with zero attached hydrogens (tertiary/aromatic N) is 4. The molecule has 0 fully saturated rings. The van der Waals surface area contributed by atoms with Gasteiger partial charge in [-0.1, -0.05) is 29.8 Å². The number of fused-ring (bicyclic) bond motifs is 2. The highest BCUT2D eigenvalue weighted by atomic mass is 35.5. The average molecular weight is 363 g/mol. The van der Waals surface area contributed by atoms with E-state index in [1.54, 1.807) is 11.3 Å². The van der Waals surface area contributed by atoms with Crippen molar-refractivity contribution in [2.75, 3.05) is 0 Å². The lowest BCUT2D eigenvalue weighted by molar-refractivity contribution is 1.09. The quantitative estimate of drug-likeness (QED) is 0.425. The normalized spacial score (nSPS) is 11.4. The van der Waals surface area contributed by atoms with E-state index in [4.69, 9.17) is 26.6 Å². The molecule has 0 aliphatic carbocycles. The zero-order valence-corrected chi connectivity index (χ0v) is 14.5. The van der Waals surface area contributed by atoms with Crippen molar-refractivity contribution < 1.29 is 0 Å². The van der Waals surface area contributed by atoms with E-state index in [1.165, 1.54) is 0 Å². The summed E-state index contributed by atoms with van der Waals surface area (Å²) in [6.07, 6.45) is 0. The van der Waals surface area contributed by atoms with Crippen LogP contribution >= 0.6 is 22.9 Å². The molecular weight excluding hydrogens is 352 g/mol. The van der Waals surface area contributed by atoms with Crippen molar-refractivity contribution in [3.05, 3.63) is 71.1 Å². The monoisotopic (exact) mass is 362 g/mol. The van der Waals surface area contributed by atoms with Crippen molar-refractivity contribution in [3.63, 3.8) is 0 Å². The van der Waals surface area contributed by atoms with Gasteiger partial charge >= 0.3 is 0 Å². The Balaban J connectivity index is 1.89. The van der Waals surface area contributed by atoms with Gasteiger partial charge in [0.1, 0.15) is 0 Å². The smallest absolute Gasteiger partial charge is 0.199 e. The number of thiophene rings is 1. The molecule has 0 spiro atoms. The number of halogens is 1. The van der Waals surface area contributed by atoms with Gasteiger partial charge in [0.05, 0.1) is 15.9 Å². The molecule has 0 aliphatic heterocycles. The summed E-state index contributed by atoms with van der Waals surface area (Å²) in [5, 5.41) is 2.74. The predicted octanol–water partition coefficient (Wildman–Crippen LogP) is 5.35. The Morgan fingerprint density at radius 2 is 1.56 bits per heavy atom. The first kappa shape index (κ1) is 14.6. The van der Waals surface area contributed by atoms with Crippen LogP contribution in [0.4, 0.5) is 0 Å². The van der Waals surface area contributed by atoms with Crippen LogP contribution in [0, 0.1) is 0 Å². The molecule has 0 aliphatic rings. The van der Waals surface area contributed by atoms with Gasteiger partial charge in [-0.3, -0.25) is 4.57 Å². The minimum atomic E-state index is 0.636. The van der Waals surface area contributed by atoms with E-state index in [0.29, 0.717) is 10.7 Å². The lowest BCUT2D eigenvalue weighted by Gasteiger charge is -2.08. The fourth-order valence-corrected chi connectivity index (χ4v) is 3.69. The van der Waals surface area contributed by atoms with Gasteiger partial charge in [-0.25, -0.2) is 15.0 Å². The van der Waals surface area contributed by atoms with Gasteiger partial charge in [-0.05, 0) is 47.8 Å². The van der Waals surface area contributed by atoms with E-state index in [0.717, 1.165) is 33.1 Å². The van der Waals surface area contributed by atoms with Crippen molar-refractivity contribution >= 4 is 45.3 Å². The van der Waals surface area contributed by atoms with Crippen LogP contribution in [0.1, 0.15) is 0 Å². The molecule has 5 rings (SSSR count). The van der Waals surface area contributed by atoms with Gasteiger partial charge in [-0.15, -0.1) is 11.3 Å². The summed E-state index contributed by atoms with van der Waals surface area (Å²) in [5.41, 5.74) is 4.03. The Bertz CT molecular complexity index is 1190. The van der Waals surface area contributed by atoms with Crippen LogP contribution in [-0.2, 0) is 0 Å². The van der Waals surface area contributed by atoms with Gasteiger partial charge in [0.25, 0.3) is 0 Å². The number of rotatable bonds is 2. The summed E-state index contributed by atoms with van der Waals surface area (Å²) in [4.78, 5) is 15.4. The topological polar surface area (TPSA) is 43.6 Å². The largest absolute Gasteiger partial charge is 0.275 e. The van der Waals surface area contributed by atoms with Crippen LogP contribution in [0.25, 0.3) is 38.7 Å². The average Bonchev–Trinajstić information content (AvgIpc) is 3.28. The summed E-state index contributed by atoms with van der Waals surface area (Å²) < 4.78 is 2.04. The third-order valence-electron chi connectivity index (χ3n) is 4.00. The van der Waals surface area contributed by atoms with Gasteiger partial charge in [-0.2, -0.15) is 0 Å². The van der Waals surface area contributed by atoms with Crippen LogP contribution in [-0.4, -0.2) is 19.5 Å². The van der Waals surface area contributed by atoms with Crippen molar-refractivity contribution in [2.24, 2.45) is 0 Å². The molecule has 2 aromatic carbocycles. The molecule has 5 aromatic rings. The molecule has 6 heteroatoms. The van der Waals surface area contributed by atoms with Crippen LogP contribution in [0.15, 0.2) is 66.0 Å². The Kier molecular flexibility index (Phi) is 3.29. The van der Waals surface area contributed by atoms with Crippen LogP contribution in [0.5, 0.6) is 0 Å². The molecule has 3 aromatic heterocycles. The van der Waals surface area contributed by atoms with Crippen molar-refractivity contribution in [2.45, 2.75) is 0 Å². The molecule has 4 nitrogen and oxygen atoms in total. The molecule has 0 saturated heterocycles. The number of aromatic nitrogens is 4. The van der Waals surface area contributed by atoms with Crippen LogP contribution < -0.4 is 0 Å². The summed E-state index contributed by atoms with van der Waals surface area (Å²) in [5.74, 6) is 0.836. The van der Waals surface area contributed by atoms with Gasteiger partial charge in [0.15, 0.2) is 17.1 Å². The highest BCUT2D eigenvalue weighted by molar-refractivity contribution is 7.13. The molecule has 0 atom stereocenters. The maximum Gasteiger partial charge on any atom is 0.199 e. The molecule has 0 saturated carbocycles. The van der Waals surface area contributed by atoms with Crippen molar-refractivity contribution in [3.8, 4) is 16.4 Å². The number of imidazole rings is 1. The number of hydrogen-bond donors (Lipinski definition) is 0. The zero-order chi connectivity index (χ0) is 16.8. The Morgan fingerprint density at radius 3 is 2.28 bits per heavy atom. The van der Waals surface area contributed by atoms with E-state index >= 15 is 0 Å².